The van der Waals surface area contributed by atoms with Crippen LogP contribution >= 0.6 is 0 Å². The molecule has 3 heterocycles. The van der Waals surface area contributed by atoms with Crippen molar-refractivity contribution in [1.29, 1.82) is 0 Å². The van der Waals surface area contributed by atoms with Gasteiger partial charge in [0.25, 0.3) is 0 Å². The summed E-state index contributed by atoms with van der Waals surface area (Å²) in [4.78, 5) is 14.6. The van der Waals surface area contributed by atoms with Gasteiger partial charge in [-0.05, 0) is 11.6 Å². The number of ether oxygens (including phenoxy) is 2. The average Bonchev–Trinajstić information content (AvgIpc) is 3.27. The van der Waals surface area contributed by atoms with Crippen molar-refractivity contribution in [2.75, 3.05) is 13.7 Å². The van der Waals surface area contributed by atoms with Crippen LogP contribution in [0.3, 0.4) is 0 Å². The summed E-state index contributed by atoms with van der Waals surface area (Å²) in [6.45, 7) is -0.246. The Kier molecular flexibility index (Phi) is 3.20. The van der Waals surface area contributed by atoms with Gasteiger partial charge in [0.2, 0.25) is 0 Å². The third kappa shape index (κ3) is 2.12. The van der Waals surface area contributed by atoms with Gasteiger partial charge in [-0.3, -0.25) is 4.79 Å². The molecule has 1 aromatic rings. The lowest BCUT2D eigenvalue weighted by Gasteiger charge is -2.33. The summed E-state index contributed by atoms with van der Waals surface area (Å²) < 4.78 is 11.2. The number of rotatable bonds is 4. The van der Waals surface area contributed by atoms with Crippen molar-refractivity contribution in [3.05, 3.63) is 47.7 Å². The molecule has 2 unspecified atom stereocenters. The lowest BCUT2D eigenvalue weighted by atomic mass is 10.00. The van der Waals surface area contributed by atoms with Gasteiger partial charge >= 0.3 is 5.97 Å². The fourth-order valence-electron chi connectivity index (χ4n) is 3.58. The number of hydrogen-bond acceptors (Lipinski definition) is 5. The van der Waals surface area contributed by atoms with Crippen molar-refractivity contribution in [1.82, 2.24) is 4.90 Å². The van der Waals surface area contributed by atoms with E-state index in [4.69, 9.17) is 9.47 Å². The highest BCUT2D eigenvalue weighted by atomic mass is 16.6. The van der Waals surface area contributed by atoms with Crippen LogP contribution in [-0.4, -0.2) is 54.0 Å². The Labute approximate surface area is 129 Å². The lowest BCUT2D eigenvalue weighted by Crippen LogP contribution is -2.39. The van der Waals surface area contributed by atoms with E-state index in [1.54, 1.807) is 0 Å². The van der Waals surface area contributed by atoms with Crippen LogP contribution in [0.4, 0.5) is 0 Å². The van der Waals surface area contributed by atoms with E-state index in [2.05, 4.69) is 11.9 Å². The van der Waals surface area contributed by atoms with E-state index >= 15 is 0 Å². The Balaban J connectivity index is 1.47. The number of fused-ring (bicyclic) bond motifs is 5. The Morgan fingerprint density at radius 3 is 2.91 bits per heavy atom. The van der Waals surface area contributed by atoms with E-state index in [-0.39, 0.29) is 30.9 Å². The smallest absolute Gasteiger partial charge is 0.316 e. The fourth-order valence-corrected chi connectivity index (χ4v) is 3.58. The molecule has 1 N–H and O–H groups in total. The molecule has 5 atom stereocenters. The van der Waals surface area contributed by atoms with E-state index in [1.165, 1.54) is 0 Å². The number of esters is 1. The largest absolute Gasteiger partial charge is 0.457 e. The van der Waals surface area contributed by atoms with Gasteiger partial charge in [0.1, 0.15) is 24.2 Å². The van der Waals surface area contributed by atoms with Gasteiger partial charge in [-0.1, -0.05) is 30.3 Å². The summed E-state index contributed by atoms with van der Waals surface area (Å²) >= 11 is 0. The van der Waals surface area contributed by atoms with Crippen LogP contribution < -0.4 is 0 Å². The first-order chi connectivity index (χ1) is 10.7. The van der Waals surface area contributed by atoms with Crippen LogP contribution in [0.2, 0.25) is 0 Å². The van der Waals surface area contributed by atoms with Crippen LogP contribution in [0.25, 0.3) is 0 Å². The highest BCUT2D eigenvalue weighted by Gasteiger charge is 2.59. The predicted octanol–water partition coefficient (Wildman–Crippen LogP) is 1.04. The van der Waals surface area contributed by atoms with Gasteiger partial charge in [0, 0.05) is 19.2 Å². The molecule has 2 fully saturated rings. The second-order valence-electron chi connectivity index (χ2n) is 6.15. The maximum atomic E-state index is 12.4. The van der Waals surface area contributed by atoms with Gasteiger partial charge in [0.05, 0.1) is 12.6 Å². The van der Waals surface area contributed by atoms with Crippen LogP contribution in [-0.2, 0) is 14.3 Å². The van der Waals surface area contributed by atoms with E-state index in [0.29, 0.717) is 6.04 Å². The second kappa shape index (κ2) is 5.11. The van der Waals surface area contributed by atoms with E-state index in [9.17, 15) is 9.90 Å². The first-order valence-electron chi connectivity index (χ1n) is 7.65. The SMILES string of the molecule is CN1C2=C[C@@H](OC(=O)[C@H](CO)c3ccccc3)CC1C1O[C@H]21. The number of morpholine rings is 1. The minimum Gasteiger partial charge on any atom is -0.457 e. The summed E-state index contributed by atoms with van der Waals surface area (Å²) in [5.41, 5.74) is 1.91. The molecule has 0 amide bonds. The average molecular weight is 301 g/mol. The van der Waals surface area contributed by atoms with Gasteiger partial charge in [-0.15, -0.1) is 0 Å². The van der Waals surface area contributed by atoms with Crippen molar-refractivity contribution in [3.8, 4) is 0 Å². The molecule has 0 aromatic heterocycles. The summed E-state index contributed by atoms with van der Waals surface area (Å²) in [5.74, 6) is -0.989. The molecular weight excluding hydrogens is 282 g/mol. The van der Waals surface area contributed by atoms with E-state index < -0.39 is 5.92 Å². The molecule has 0 radical (unpaired) electrons. The molecule has 116 valence electrons. The molecule has 0 aliphatic carbocycles. The third-order valence-corrected chi connectivity index (χ3v) is 4.87. The molecule has 0 spiro atoms. The van der Waals surface area contributed by atoms with Gasteiger partial charge in [-0.2, -0.15) is 0 Å². The second-order valence-corrected chi connectivity index (χ2v) is 6.15. The number of aliphatic hydroxyl groups is 1. The fraction of sp³-hybridized carbons (Fsp3) is 0.471. The minimum atomic E-state index is -0.623. The van der Waals surface area contributed by atoms with Crippen LogP contribution in [0.1, 0.15) is 17.9 Å². The molecule has 22 heavy (non-hydrogen) atoms. The summed E-state index contributed by atoms with van der Waals surface area (Å²) in [6, 6.07) is 9.56. The zero-order valence-corrected chi connectivity index (χ0v) is 12.4. The zero-order chi connectivity index (χ0) is 15.3. The standard InChI is InChI=1S/C17H19NO4/c1-18-13-7-11(8-14(18)16-15(13)22-16)21-17(20)12(9-19)10-5-3-2-4-6-10/h2-7,11-12,14-16,19H,8-9H2,1H3/t11-,12-,14?,15-,16?/m1/s1. The Morgan fingerprint density at radius 2 is 2.23 bits per heavy atom. The van der Waals surface area contributed by atoms with Crippen molar-refractivity contribution < 1.29 is 19.4 Å². The predicted molar refractivity (Wildman–Crippen MR) is 79.1 cm³/mol. The topological polar surface area (TPSA) is 62.3 Å². The third-order valence-electron chi connectivity index (χ3n) is 4.87. The van der Waals surface area contributed by atoms with Crippen LogP contribution in [0.15, 0.2) is 42.1 Å². The first-order valence-corrected chi connectivity index (χ1v) is 7.65. The number of carbonyl (C=O) groups excluding carboxylic acids is 1. The van der Waals surface area contributed by atoms with Crippen LogP contribution in [0.5, 0.6) is 0 Å². The van der Waals surface area contributed by atoms with Crippen molar-refractivity contribution in [2.45, 2.75) is 36.7 Å². The first kappa shape index (κ1) is 13.8. The van der Waals surface area contributed by atoms with E-state index in [0.717, 1.165) is 17.7 Å². The molecule has 0 saturated carbocycles. The Hall–Kier alpha value is -1.85. The minimum absolute atomic E-state index is 0.196. The molecule has 5 nitrogen and oxygen atoms in total. The molecule has 2 saturated heterocycles. The Bertz CT molecular complexity index is 614. The molecule has 2 bridgehead atoms. The van der Waals surface area contributed by atoms with Gasteiger partial charge < -0.3 is 19.5 Å². The Morgan fingerprint density at radius 1 is 1.45 bits per heavy atom. The molecule has 1 aromatic carbocycles. The number of benzene rings is 1. The van der Waals surface area contributed by atoms with E-state index in [1.807, 2.05) is 36.4 Å². The maximum absolute atomic E-state index is 12.4. The number of nitrogens with zero attached hydrogens (tertiary/aromatic N) is 1. The van der Waals surface area contributed by atoms with Crippen molar-refractivity contribution in [2.24, 2.45) is 0 Å². The highest BCUT2D eigenvalue weighted by molar-refractivity contribution is 5.78. The molecular formula is C17H19NO4. The molecule has 3 aliphatic rings. The summed E-state index contributed by atoms with van der Waals surface area (Å²) in [6.07, 6.45) is 2.98. The van der Waals surface area contributed by atoms with Gasteiger partial charge in [-0.25, -0.2) is 0 Å². The monoisotopic (exact) mass is 301 g/mol. The lowest BCUT2D eigenvalue weighted by molar-refractivity contribution is -0.151. The number of carbonyl (C=O) groups is 1. The van der Waals surface area contributed by atoms with Gasteiger partial charge in [0.15, 0.2) is 0 Å². The normalized spacial score (nSPS) is 33.0. The quantitative estimate of drug-likeness (QED) is 0.665. The molecule has 5 heteroatoms. The number of epoxide rings is 1. The number of aliphatic hydroxyl groups excluding tert-OH is 1. The maximum Gasteiger partial charge on any atom is 0.316 e. The summed E-state index contributed by atoms with van der Waals surface area (Å²) in [7, 11) is 2.06. The number of hydrogen-bond donors (Lipinski definition) is 1. The van der Waals surface area contributed by atoms with Crippen LogP contribution in [0, 0.1) is 0 Å². The van der Waals surface area contributed by atoms with Crippen molar-refractivity contribution in [3.63, 3.8) is 0 Å². The molecule has 4 rings (SSSR count). The highest BCUT2D eigenvalue weighted by Crippen LogP contribution is 2.48. The van der Waals surface area contributed by atoms with Crippen molar-refractivity contribution >= 4 is 5.97 Å². The summed E-state index contributed by atoms with van der Waals surface area (Å²) in [5, 5.41) is 9.54. The zero-order valence-electron chi connectivity index (χ0n) is 12.4. The number of likely N-dealkylation sites (N-methyl/N-ethyl adjacent to an activating group) is 1. The molecule has 3 aliphatic heterocycles.